The Bertz CT molecular complexity index is 919. The predicted octanol–water partition coefficient (Wildman–Crippen LogP) is 3.21. The van der Waals surface area contributed by atoms with Crippen molar-refractivity contribution in [1.82, 2.24) is 24.7 Å². The molecule has 132 valence electrons. The molecule has 0 saturated heterocycles. The molecule has 3 heterocycles. The summed E-state index contributed by atoms with van der Waals surface area (Å²) >= 11 is 0. The van der Waals surface area contributed by atoms with Crippen molar-refractivity contribution < 1.29 is 0 Å². The van der Waals surface area contributed by atoms with E-state index in [4.69, 9.17) is 5.73 Å². The van der Waals surface area contributed by atoms with Crippen LogP contribution < -0.4 is 11.3 Å². The fourth-order valence-corrected chi connectivity index (χ4v) is 3.18. The number of aromatic amines is 1. The molecule has 0 spiro atoms. The number of hydrogen-bond acceptors (Lipinski definition) is 5. The summed E-state index contributed by atoms with van der Waals surface area (Å²) in [6.07, 6.45) is 5.62. The normalized spacial score (nSPS) is 11.5. The molecule has 0 aliphatic heterocycles. The highest BCUT2D eigenvalue weighted by molar-refractivity contribution is 5.78. The molecule has 7 nitrogen and oxygen atoms in total. The van der Waals surface area contributed by atoms with Crippen molar-refractivity contribution in [2.24, 2.45) is 0 Å². The third-order valence-electron chi connectivity index (χ3n) is 4.34. The van der Waals surface area contributed by atoms with E-state index in [1.807, 2.05) is 11.6 Å². The molecule has 0 radical (unpaired) electrons. The van der Waals surface area contributed by atoms with Gasteiger partial charge in [0.15, 0.2) is 11.3 Å². The standard InChI is InChI=1S/C18H24N6O/c1-4-6-13(7-5-2)24-16-15(11(3)23-24)21-17(22-18(16)25)14-9-8-12(19)10-20-14/h8-10,13H,4-7,19H2,1-3H3,(H,21,22,25). The summed E-state index contributed by atoms with van der Waals surface area (Å²) in [5, 5.41) is 4.63. The molecular weight excluding hydrogens is 316 g/mol. The largest absolute Gasteiger partial charge is 0.397 e. The number of nitrogens with one attached hydrogen (secondary N) is 1. The summed E-state index contributed by atoms with van der Waals surface area (Å²) in [5.74, 6) is 0.433. The van der Waals surface area contributed by atoms with Gasteiger partial charge in [-0.3, -0.25) is 14.5 Å². The van der Waals surface area contributed by atoms with Crippen molar-refractivity contribution >= 4 is 16.7 Å². The lowest BCUT2D eigenvalue weighted by atomic mass is 10.1. The topological polar surface area (TPSA) is 102 Å². The van der Waals surface area contributed by atoms with Crippen molar-refractivity contribution in [1.29, 1.82) is 0 Å². The average molecular weight is 340 g/mol. The molecule has 0 amide bonds. The molecule has 25 heavy (non-hydrogen) atoms. The second-order valence-electron chi connectivity index (χ2n) is 6.35. The molecule has 3 aromatic heterocycles. The van der Waals surface area contributed by atoms with E-state index in [0.29, 0.717) is 28.2 Å². The van der Waals surface area contributed by atoms with Crippen molar-refractivity contribution in [2.75, 3.05) is 5.73 Å². The number of aromatic nitrogens is 5. The van der Waals surface area contributed by atoms with Gasteiger partial charge in [0.05, 0.1) is 23.6 Å². The number of nitrogens with two attached hydrogens (primary N) is 1. The van der Waals surface area contributed by atoms with E-state index in [2.05, 4.69) is 33.9 Å². The minimum atomic E-state index is -0.184. The number of hydrogen-bond donors (Lipinski definition) is 2. The first-order chi connectivity index (χ1) is 12.0. The summed E-state index contributed by atoms with van der Waals surface area (Å²) in [6, 6.07) is 3.70. The summed E-state index contributed by atoms with van der Waals surface area (Å²) in [4.78, 5) is 24.5. The van der Waals surface area contributed by atoms with E-state index < -0.39 is 0 Å². The molecule has 0 fully saturated rings. The van der Waals surface area contributed by atoms with Gasteiger partial charge in [-0.2, -0.15) is 5.10 Å². The highest BCUT2D eigenvalue weighted by Crippen LogP contribution is 2.25. The monoisotopic (exact) mass is 340 g/mol. The molecule has 3 N–H and O–H groups in total. The van der Waals surface area contributed by atoms with Gasteiger partial charge in [-0.25, -0.2) is 4.98 Å². The van der Waals surface area contributed by atoms with Gasteiger partial charge in [0.2, 0.25) is 0 Å². The maximum absolute atomic E-state index is 12.8. The van der Waals surface area contributed by atoms with Crippen LogP contribution in [0.15, 0.2) is 23.1 Å². The fraction of sp³-hybridized carbons (Fsp3) is 0.444. The summed E-state index contributed by atoms with van der Waals surface area (Å²) in [5.41, 5.74) is 8.58. The van der Waals surface area contributed by atoms with Crippen LogP contribution in [0.1, 0.15) is 51.3 Å². The minimum absolute atomic E-state index is 0.184. The van der Waals surface area contributed by atoms with Gasteiger partial charge in [-0.15, -0.1) is 0 Å². The molecule has 3 rings (SSSR count). The Balaban J connectivity index is 2.15. The van der Waals surface area contributed by atoms with Gasteiger partial charge < -0.3 is 10.7 Å². The molecule has 0 bridgehead atoms. The Hall–Kier alpha value is -2.70. The maximum atomic E-state index is 12.8. The van der Waals surface area contributed by atoms with Crippen molar-refractivity contribution in [3.05, 3.63) is 34.4 Å². The molecule has 0 aliphatic carbocycles. The van der Waals surface area contributed by atoms with E-state index >= 15 is 0 Å². The van der Waals surface area contributed by atoms with Crippen molar-refractivity contribution in [2.45, 2.75) is 52.5 Å². The number of nitrogen functional groups attached to an aromatic ring is 1. The molecule has 0 aliphatic rings. The number of nitrogens with zero attached hydrogens (tertiary/aromatic N) is 4. The highest BCUT2D eigenvalue weighted by Gasteiger charge is 2.20. The molecule has 0 aromatic carbocycles. The molecule has 0 atom stereocenters. The van der Waals surface area contributed by atoms with Gasteiger partial charge >= 0.3 is 0 Å². The SMILES string of the molecule is CCCC(CCC)n1nc(C)c2nc(-c3ccc(N)cn3)[nH]c(=O)c21. The van der Waals surface area contributed by atoms with Crippen LogP contribution in [0.25, 0.3) is 22.6 Å². The fourth-order valence-electron chi connectivity index (χ4n) is 3.18. The average Bonchev–Trinajstić information content (AvgIpc) is 2.93. The quantitative estimate of drug-likeness (QED) is 0.717. The van der Waals surface area contributed by atoms with Crippen LogP contribution in [0.3, 0.4) is 0 Å². The summed E-state index contributed by atoms with van der Waals surface area (Å²) in [7, 11) is 0. The first-order valence-electron chi connectivity index (χ1n) is 8.76. The number of pyridine rings is 1. The lowest BCUT2D eigenvalue weighted by molar-refractivity contribution is 0.400. The first-order valence-corrected chi connectivity index (χ1v) is 8.76. The van der Waals surface area contributed by atoms with E-state index in [9.17, 15) is 4.79 Å². The third-order valence-corrected chi connectivity index (χ3v) is 4.34. The van der Waals surface area contributed by atoms with Gasteiger partial charge in [-0.05, 0) is 31.9 Å². The second-order valence-corrected chi connectivity index (χ2v) is 6.35. The van der Waals surface area contributed by atoms with E-state index in [-0.39, 0.29) is 11.6 Å². The third kappa shape index (κ3) is 3.26. The highest BCUT2D eigenvalue weighted by atomic mass is 16.1. The number of H-pyrrole nitrogens is 1. The van der Waals surface area contributed by atoms with Crippen LogP contribution >= 0.6 is 0 Å². The minimum Gasteiger partial charge on any atom is -0.397 e. The molecule has 7 heteroatoms. The van der Waals surface area contributed by atoms with Gasteiger partial charge in [0.25, 0.3) is 5.56 Å². The predicted molar refractivity (Wildman–Crippen MR) is 99.4 cm³/mol. The maximum Gasteiger partial charge on any atom is 0.277 e. The molecule has 3 aromatic rings. The Kier molecular flexibility index (Phi) is 4.83. The van der Waals surface area contributed by atoms with Crippen LogP contribution in [-0.4, -0.2) is 24.7 Å². The Morgan fingerprint density at radius 3 is 2.56 bits per heavy atom. The zero-order valence-electron chi connectivity index (χ0n) is 14.9. The first kappa shape index (κ1) is 17.1. The van der Waals surface area contributed by atoms with E-state index in [0.717, 1.165) is 31.4 Å². The van der Waals surface area contributed by atoms with E-state index in [1.54, 1.807) is 18.3 Å². The van der Waals surface area contributed by atoms with Crippen LogP contribution in [0.2, 0.25) is 0 Å². The van der Waals surface area contributed by atoms with Crippen LogP contribution in [0, 0.1) is 6.92 Å². The number of fused-ring (bicyclic) bond motifs is 1. The molecule has 0 unspecified atom stereocenters. The zero-order valence-corrected chi connectivity index (χ0v) is 14.9. The van der Waals surface area contributed by atoms with Crippen LogP contribution in [0.4, 0.5) is 5.69 Å². The number of aryl methyl sites for hydroxylation is 1. The van der Waals surface area contributed by atoms with Crippen molar-refractivity contribution in [3.63, 3.8) is 0 Å². The lowest BCUT2D eigenvalue weighted by Crippen LogP contribution is -2.18. The smallest absolute Gasteiger partial charge is 0.277 e. The Morgan fingerprint density at radius 1 is 1.24 bits per heavy atom. The molecular formula is C18H24N6O. The number of anilines is 1. The van der Waals surface area contributed by atoms with Crippen molar-refractivity contribution in [3.8, 4) is 11.5 Å². The Morgan fingerprint density at radius 2 is 1.96 bits per heavy atom. The van der Waals surface area contributed by atoms with Crippen LogP contribution in [-0.2, 0) is 0 Å². The number of rotatable bonds is 6. The summed E-state index contributed by atoms with van der Waals surface area (Å²) in [6.45, 7) is 6.18. The Labute approximate surface area is 146 Å². The van der Waals surface area contributed by atoms with Gasteiger partial charge in [0, 0.05) is 0 Å². The van der Waals surface area contributed by atoms with Gasteiger partial charge in [0.1, 0.15) is 11.2 Å². The second kappa shape index (κ2) is 7.04. The molecule has 0 saturated carbocycles. The summed E-state index contributed by atoms with van der Waals surface area (Å²) < 4.78 is 1.86. The lowest BCUT2D eigenvalue weighted by Gasteiger charge is -2.16. The van der Waals surface area contributed by atoms with Crippen LogP contribution in [0.5, 0.6) is 0 Å². The van der Waals surface area contributed by atoms with Gasteiger partial charge in [-0.1, -0.05) is 26.7 Å². The zero-order chi connectivity index (χ0) is 18.0. The van der Waals surface area contributed by atoms with E-state index in [1.165, 1.54) is 0 Å².